The number of rotatable bonds is 5. The predicted octanol–water partition coefficient (Wildman–Crippen LogP) is 2.86. The van der Waals surface area contributed by atoms with Gasteiger partial charge >= 0.3 is 0 Å². The molecule has 2 saturated heterocycles. The van der Waals surface area contributed by atoms with Gasteiger partial charge in [0.25, 0.3) is 0 Å². The fourth-order valence-corrected chi connectivity index (χ4v) is 4.43. The third-order valence-electron chi connectivity index (χ3n) is 5.20. The zero-order valence-corrected chi connectivity index (χ0v) is 17.9. The highest BCUT2D eigenvalue weighted by Crippen LogP contribution is 2.29. The minimum Gasteiger partial charge on any atom is -0.375 e. The number of nitrogens with one attached hydrogen (secondary N) is 2. The molecule has 1 amide bonds. The summed E-state index contributed by atoms with van der Waals surface area (Å²) in [6.45, 7) is 8.59. The van der Waals surface area contributed by atoms with Crippen LogP contribution in [0.5, 0.6) is 0 Å². The molecule has 1 aromatic rings. The minimum absolute atomic E-state index is 0. The van der Waals surface area contributed by atoms with Crippen molar-refractivity contribution in [2.45, 2.75) is 44.9 Å². The van der Waals surface area contributed by atoms with Crippen molar-refractivity contribution in [1.82, 2.24) is 15.5 Å². The van der Waals surface area contributed by atoms with Gasteiger partial charge in [0, 0.05) is 18.0 Å². The van der Waals surface area contributed by atoms with Gasteiger partial charge in [0.15, 0.2) is 0 Å². The van der Waals surface area contributed by atoms with Gasteiger partial charge in [-0.25, -0.2) is 0 Å². The van der Waals surface area contributed by atoms with Crippen LogP contribution in [0, 0.1) is 5.92 Å². The summed E-state index contributed by atoms with van der Waals surface area (Å²) in [6.07, 6.45) is 2.41. The largest absolute Gasteiger partial charge is 0.375 e. The van der Waals surface area contributed by atoms with E-state index in [9.17, 15) is 4.79 Å². The van der Waals surface area contributed by atoms with Gasteiger partial charge in [0.05, 0.1) is 18.8 Å². The van der Waals surface area contributed by atoms with E-state index >= 15 is 0 Å². The van der Waals surface area contributed by atoms with Gasteiger partial charge in [0.1, 0.15) is 6.04 Å². The number of piperidine rings is 1. The number of morpholine rings is 1. The maximum atomic E-state index is 12.5. The van der Waals surface area contributed by atoms with Crippen molar-refractivity contribution in [2.75, 3.05) is 32.8 Å². The van der Waals surface area contributed by atoms with E-state index in [0.717, 1.165) is 25.6 Å². The van der Waals surface area contributed by atoms with Gasteiger partial charge in [-0.1, -0.05) is 13.0 Å². The van der Waals surface area contributed by atoms with Gasteiger partial charge in [-0.2, -0.15) is 0 Å². The fourth-order valence-electron chi connectivity index (χ4n) is 3.57. The molecule has 150 valence electrons. The lowest BCUT2D eigenvalue weighted by Crippen LogP contribution is -2.56. The van der Waals surface area contributed by atoms with Crippen molar-refractivity contribution in [3.05, 3.63) is 22.4 Å². The molecule has 3 rings (SSSR count). The van der Waals surface area contributed by atoms with Crippen LogP contribution in [0.2, 0.25) is 0 Å². The lowest BCUT2D eigenvalue weighted by atomic mass is 9.97. The number of hydrogen-bond donors (Lipinski definition) is 2. The van der Waals surface area contributed by atoms with Crippen LogP contribution in [0.4, 0.5) is 0 Å². The van der Waals surface area contributed by atoms with Gasteiger partial charge in [-0.05, 0) is 50.2 Å². The number of thiophene rings is 1. The molecule has 0 aliphatic carbocycles. The normalized spacial score (nSPS) is 25.6. The molecule has 3 atom stereocenters. The van der Waals surface area contributed by atoms with Gasteiger partial charge in [-0.3, -0.25) is 9.69 Å². The van der Waals surface area contributed by atoms with Crippen LogP contribution in [-0.4, -0.2) is 55.7 Å². The molecule has 0 aromatic carbocycles. The van der Waals surface area contributed by atoms with Crippen molar-refractivity contribution in [3.8, 4) is 0 Å². The molecule has 3 heterocycles. The maximum absolute atomic E-state index is 12.5. The van der Waals surface area contributed by atoms with Crippen LogP contribution in [0.3, 0.4) is 0 Å². The Morgan fingerprint density at radius 1 is 1.38 bits per heavy atom. The third kappa shape index (κ3) is 6.08. The molecular weight excluding hydrogens is 393 g/mol. The molecular formula is C18H31Cl2N3O2S. The van der Waals surface area contributed by atoms with Crippen LogP contribution in [-0.2, 0) is 9.53 Å². The molecule has 0 spiro atoms. The quantitative estimate of drug-likeness (QED) is 0.764. The number of halogens is 2. The average Bonchev–Trinajstić information content (AvgIpc) is 3.11. The van der Waals surface area contributed by atoms with Crippen LogP contribution in [0.1, 0.15) is 37.6 Å². The van der Waals surface area contributed by atoms with Crippen LogP contribution in [0.25, 0.3) is 0 Å². The van der Waals surface area contributed by atoms with Crippen LogP contribution in [0.15, 0.2) is 17.5 Å². The lowest BCUT2D eigenvalue weighted by molar-refractivity contribution is -0.129. The Morgan fingerprint density at radius 2 is 2.12 bits per heavy atom. The molecule has 0 bridgehead atoms. The molecule has 0 saturated carbocycles. The Balaban J connectivity index is 0.00000169. The first kappa shape index (κ1) is 23.7. The summed E-state index contributed by atoms with van der Waals surface area (Å²) in [4.78, 5) is 16.4. The Kier molecular flexibility index (Phi) is 10.4. The van der Waals surface area contributed by atoms with E-state index in [1.54, 1.807) is 11.3 Å². The summed E-state index contributed by atoms with van der Waals surface area (Å²) in [5.74, 6) is 0.860. The lowest BCUT2D eigenvalue weighted by Gasteiger charge is -2.37. The standard InChI is InChI=1S/C18H29N3O2S.2ClH/c1-13-5-8-21(9-6-13)15(16-4-3-11-24-16)12-20-18(22)17-14(2)23-10-7-19-17;;/h3-4,11,13-15,17,19H,5-10,12H2,1-2H3,(H,20,22);2*1H/t14-,15?,17+;;/m1../s1. The Bertz CT molecular complexity index is 525. The second-order valence-electron chi connectivity index (χ2n) is 7.00. The van der Waals surface area contributed by atoms with Crippen LogP contribution < -0.4 is 10.6 Å². The minimum atomic E-state index is -0.246. The van der Waals surface area contributed by atoms with Crippen molar-refractivity contribution in [1.29, 1.82) is 0 Å². The number of carbonyl (C=O) groups excluding carboxylic acids is 1. The predicted molar refractivity (Wildman–Crippen MR) is 112 cm³/mol. The molecule has 2 N–H and O–H groups in total. The zero-order chi connectivity index (χ0) is 16.9. The maximum Gasteiger partial charge on any atom is 0.239 e. The number of likely N-dealkylation sites (tertiary alicyclic amines) is 1. The van der Waals surface area contributed by atoms with E-state index in [-0.39, 0.29) is 48.9 Å². The van der Waals surface area contributed by atoms with E-state index in [0.29, 0.717) is 13.2 Å². The van der Waals surface area contributed by atoms with E-state index in [4.69, 9.17) is 4.74 Å². The van der Waals surface area contributed by atoms with E-state index in [2.05, 4.69) is 40.0 Å². The first-order valence-corrected chi connectivity index (χ1v) is 9.93. The SMILES string of the molecule is CC1CCN(C(CNC(=O)[C@H]2NCCO[C@@H]2C)c2cccs2)CC1.Cl.Cl. The molecule has 2 fully saturated rings. The highest BCUT2D eigenvalue weighted by atomic mass is 35.5. The van der Waals surface area contributed by atoms with Gasteiger partial charge in [0.2, 0.25) is 5.91 Å². The summed E-state index contributed by atoms with van der Waals surface area (Å²) in [7, 11) is 0. The molecule has 26 heavy (non-hydrogen) atoms. The summed E-state index contributed by atoms with van der Waals surface area (Å²) in [5, 5.41) is 8.55. The Labute approximate surface area is 173 Å². The first-order valence-electron chi connectivity index (χ1n) is 9.05. The van der Waals surface area contributed by atoms with Crippen molar-refractivity contribution in [2.24, 2.45) is 5.92 Å². The summed E-state index contributed by atoms with van der Waals surface area (Å²) < 4.78 is 5.59. The number of amides is 1. The smallest absolute Gasteiger partial charge is 0.239 e. The summed E-state index contributed by atoms with van der Waals surface area (Å²) >= 11 is 1.78. The molecule has 2 aliphatic heterocycles. The van der Waals surface area contributed by atoms with Crippen molar-refractivity contribution in [3.63, 3.8) is 0 Å². The fraction of sp³-hybridized carbons (Fsp3) is 0.722. The Hall–Kier alpha value is -0.370. The Morgan fingerprint density at radius 3 is 2.73 bits per heavy atom. The summed E-state index contributed by atoms with van der Waals surface area (Å²) in [6, 6.07) is 4.31. The van der Waals surface area contributed by atoms with Crippen molar-refractivity contribution >= 4 is 42.1 Å². The first-order chi connectivity index (χ1) is 11.6. The van der Waals surface area contributed by atoms with E-state index < -0.39 is 0 Å². The third-order valence-corrected chi connectivity index (χ3v) is 6.17. The van der Waals surface area contributed by atoms with E-state index in [1.807, 2.05) is 6.92 Å². The molecule has 5 nitrogen and oxygen atoms in total. The molecule has 8 heteroatoms. The molecule has 0 radical (unpaired) electrons. The average molecular weight is 424 g/mol. The number of hydrogen-bond acceptors (Lipinski definition) is 5. The molecule has 1 unspecified atom stereocenters. The van der Waals surface area contributed by atoms with E-state index in [1.165, 1.54) is 17.7 Å². The highest BCUT2D eigenvalue weighted by Gasteiger charge is 2.30. The number of nitrogens with zero attached hydrogens (tertiary/aromatic N) is 1. The number of carbonyl (C=O) groups is 1. The van der Waals surface area contributed by atoms with Gasteiger partial charge in [-0.15, -0.1) is 36.2 Å². The number of ether oxygens (including phenoxy) is 1. The second kappa shape index (κ2) is 11.5. The zero-order valence-electron chi connectivity index (χ0n) is 15.5. The second-order valence-corrected chi connectivity index (χ2v) is 7.98. The van der Waals surface area contributed by atoms with Crippen molar-refractivity contribution < 1.29 is 9.53 Å². The monoisotopic (exact) mass is 423 g/mol. The molecule has 1 aromatic heterocycles. The topological polar surface area (TPSA) is 53.6 Å². The van der Waals surface area contributed by atoms with Crippen LogP contribution >= 0.6 is 36.2 Å². The molecule has 2 aliphatic rings. The summed E-state index contributed by atoms with van der Waals surface area (Å²) in [5.41, 5.74) is 0. The van der Waals surface area contributed by atoms with Gasteiger partial charge < -0.3 is 15.4 Å². The highest BCUT2D eigenvalue weighted by molar-refractivity contribution is 7.10.